The standard InChI is InChI=1S/C21H20N2O4/c1-3-12-27-19-13-14(8-9-18(19)26-2)17(10-11-22)23-20(24)15-6-4-5-7-16(15)21(23)25/h4-9,13,17H,3,10,12H2,1-2H3. The molecule has 27 heavy (non-hydrogen) atoms. The van der Waals surface area contributed by atoms with E-state index in [1.165, 1.54) is 4.90 Å². The molecule has 6 nitrogen and oxygen atoms in total. The summed E-state index contributed by atoms with van der Waals surface area (Å²) in [7, 11) is 1.55. The molecule has 1 aliphatic rings. The van der Waals surface area contributed by atoms with E-state index in [-0.39, 0.29) is 18.2 Å². The van der Waals surface area contributed by atoms with Gasteiger partial charge in [-0.05, 0) is 36.2 Å². The Morgan fingerprint density at radius 1 is 1.07 bits per heavy atom. The van der Waals surface area contributed by atoms with E-state index in [1.807, 2.05) is 6.92 Å². The van der Waals surface area contributed by atoms with E-state index in [1.54, 1.807) is 49.6 Å². The maximum Gasteiger partial charge on any atom is 0.262 e. The Morgan fingerprint density at radius 2 is 1.74 bits per heavy atom. The molecule has 3 rings (SSSR count). The zero-order chi connectivity index (χ0) is 19.4. The van der Waals surface area contributed by atoms with Gasteiger partial charge < -0.3 is 9.47 Å². The van der Waals surface area contributed by atoms with Gasteiger partial charge in [0.2, 0.25) is 0 Å². The maximum atomic E-state index is 12.8. The van der Waals surface area contributed by atoms with Crippen molar-refractivity contribution in [1.29, 1.82) is 5.26 Å². The minimum Gasteiger partial charge on any atom is -0.493 e. The van der Waals surface area contributed by atoms with Crippen LogP contribution >= 0.6 is 0 Å². The Kier molecular flexibility index (Phi) is 5.41. The number of rotatable bonds is 7. The predicted molar refractivity (Wildman–Crippen MR) is 98.7 cm³/mol. The number of ether oxygens (including phenoxy) is 2. The first-order valence-electron chi connectivity index (χ1n) is 8.77. The summed E-state index contributed by atoms with van der Waals surface area (Å²) < 4.78 is 11.0. The van der Waals surface area contributed by atoms with Gasteiger partial charge in [-0.3, -0.25) is 14.5 Å². The van der Waals surface area contributed by atoms with Gasteiger partial charge in [0.05, 0.1) is 43.4 Å². The first kappa shape index (κ1) is 18.5. The van der Waals surface area contributed by atoms with Crippen LogP contribution in [0, 0.1) is 11.3 Å². The molecule has 0 saturated heterocycles. The molecule has 0 fully saturated rings. The molecule has 138 valence electrons. The van der Waals surface area contributed by atoms with Crippen LogP contribution in [0.5, 0.6) is 11.5 Å². The topological polar surface area (TPSA) is 79.6 Å². The average molecular weight is 364 g/mol. The van der Waals surface area contributed by atoms with Crippen molar-refractivity contribution in [3.8, 4) is 17.6 Å². The number of carbonyl (C=O) groups excluding carboxylic acids is 2. The van der Waals surface area contributed by atoms with Crippen LogP contribution in [0.1, 0.15) is 52.1 Å². The minimum absolute atomic E-state index is 0.00891. The average Bonchev–Trinajstić information content (AvgIpc) is 2.95. The first-order valence-corrected chi connectivity index (χ1v) is 8.77. The van der Waals surface area contributed by atoms with Crippen LogP contribution < -0.4 is 9.47 Å². The van der Waals surface area contributed by atoms with Crippen LogP contribution in [-0.2, 0) is 0 Å². The van der Waals surface area contributed by atoms with Crippen LogP contribution in [0.2, 0.25) is 0 Å². The molecule has 0 radical (unpaired) electrons. The first-order chi connectivity index (χ1) is 13.1. The van der Waals surface area contributed by atoms with Crippen LogP contribution in [0.4, 0.5) is 0 Å². The second-order valence-corrected chi connectivity index (χ2v) is 6.16. The van der Waals surface area contributed by atoms with E-state index < -0.39 is 6.04 Å². The number of amides is 2. The van der Waals surface area contributed by atoms with Gasteiger partial charge in [0, 0.05) is 0 Å². The summed E-state index contributed by atoms with van der Waals surface area (Å²) in [5, 5.41) is 9.30. The maximum absolute atomic E-state index is 12.8. The van der Waals surface area contributed by atoms with Gasteiger partial charge >= 0.3 is 0 Å². The molecule has 6 heteroatoms. The van der Waals surface area contributed by atoms with Crippen molar-refractivity contribution in [3.63, 3.8) is 0 Å². The van der Waals surface area contributed by atoms with Gasteiger partial charge in [0.15, 0.2) is 11.5 Å². The van der Waals surface area contributed by atoms with E-state index in [2.05, 4.69) is 6.07 Å². The van der Waals surface area contributed by atoms with Crippen molar-refractivity contribution < 1.29 is 19.1 Å². The molecular formula is C21H20N2O4. The fourth-order valence-corrected chi connectivity index (χ4v) is 3.16. The third kappa shape index (κ3) is 3.36. The van der Waals surface area contributed by atoms with Gasteiger partial charge in [-0.1, -0.05) is 25.1 Å². The molecule has 0 aliphatic carbocycles. The largest absolute Gasteiger partial charge is 0.493 e. The number of nitriles is 1. The van der Waals surface area contributed by atoms with E-state index >= 15 is 0 Å². The number of hydrogen-bond donors (Lipinski definition) is 0. The highest BCUT2D eigenvalue weighted by Crippen LogP contribution is 2.37. The molecule has 1 aliphatic heterocycles. The van der Waals surface area contributed by atoms with Crippen molar-refractivity contribution in [2.45, 2.75) is 25.8 Å². The number of carbonyl (C=O) groups is 2. The fourth-order valence-electron chi connectivity index (χ4n) is 3.16. The summed E-state index contributed by atoms with van der Waals surface area (Å²) in [5.74, 6) is 0.312. The number of methoxy groups -OCH3 is 1. The van der Waals surface area contributed by atoms with Crippen LogP contribution in [0.25, 0.3) is 0 Å². The SMILES string of the molecule is CCCOc1cc(C(CC#N)N2C(=O)c3ccccc3C2=O)ccc1OC. The van der Waals surface area contributed by atoms with Crippen molar-refractivity contribution in [3.05, 3.63) is 59.2 Å². The van der Waals surface area contributed by atoms with Gasteiger partial charge in [0.25, 0.3) is 11.8 Å². The Hall–Kier alpha value is -3.33. The molecule has 1 atom stereocenters. The lowest BCUT2D eigenvalue weighted by Gasteiger charge is -2.25. The Labute approximate surface area is 157 Å². The third-order valence-electron chi connectivity index (χ3n) is 4.46. The molecule has 2 aromatic carbocycles. The monoisotopic (exact) mass is 364 g/mol. The Bertz CT molecular complexity index is 882. The lowest BCUT2D eigenvalue weighted by Crippen LogP contribution is -2.34. The molecule has 0 saturated carbocycles. The summed E-state index contributed by atoms with van der Waals surface area (Å²) in [6.07, 6.45) is 0.818. The van der Waals surface area contributed by atoms with Crippen molar-refractivity contribution in [1.82, 2.24) is 4.90 Å². The van der Waals surface area contributed by atoms with Crippen LogP contribution in [0.3, 0.4) is 0 Å². The van der Waals surface area contributed by atoms with Gasteiger partial charge in [0.1, 0.15) is 0 Å². The lowest BCUT2D eigenvalue weighted by atomic mass is 10.0. The molecule has 2 aromatic rings. The third-order valence-corrected chi connectivity index (χ3v) is 4.46. The lowest BCUT2D eigenvalue weighted by molar-refractivity contribution is 0.0584. The molecule has 0 aromatic heterocycles. The summed E-state index contributed by atoms with van der Waals surface area (Å²) in [6.45, 7) is 2.50. The predicted octanol–water partition coefficient (Wildman–Crippen LogP) is 3.73. The van der Waals surface area contributed by atoms with Crippen LogP contribution in [0.15, 0.2) is 42.5 Å². The van der Waals surface area contributed by atoms with Gasteiger partial charge in [-0.2, -0.15) is 5.26 Å². The van der Waals surface area contributed by atoms with E-state index in [9.17, 15) is 14.9 Å². The van der Waals surface area contributed by atoms with E-state index in [4.69, 9.17) is 9.47 Å². The molecule has 2 amide bonds. The van der Waals surface area contributed by atoms with Crippen molar-refractivity contribution >= 4 is 11.8 Å². The van der Waals surface area contributed by atoms with Crippen molar-refractivity contribution in [2.75, 3.05) is 13.7 Å². The highest BCUT2D eigenvalue weighted by molar-refractivity contribution is 6.21. The fraction of sp³-hybridized carbons (Fsp3) is 0.286. The van der Waals surface area contributed by atoms with Crippen LogP contribution in [-0.4, -0.2) is 30.4 Å². The van der Waals surface area contributed by atoms with E-state index in [0.717, 1.165) is 6.42 Å². The number of imide groups is 1. The number of benzene rings is 2. The summed E-state index contributed by atoms with van der Waals surface area (Å²) in [5.41, 5.74) is 1.38. The second-order valence-electron chi connectivity index (χ2n) is 6.16. The molecular weight excluding hydrogens is 344 g/mol. The zero-order valence-electron chi connectivity index (χ0n) is 15.3. The smallest absolute Gasteiger partial charge is 0.262 e. The van der Waals surface area contributed by atoms with Gasteiger partial charge in [-0.15, -0.1) is 0 Å². The molecule has 0 N–H and O–H groups in total. The number of fused-ring (bicyclic) bond motifs is 1. The normalized spacial score (nSPS) is 13.9. The minimum atomic E-state index is -0.697. The molecule has 1 heterocycles. The molecule has 1 unspecified atom stereocenters. The highest BCUT2D eigenvalue weighted by Gasteiger charge is 2.40. The molecule has 0 bridgehead atoms. The Balaban J connectivity index is 2.01. The second kappa shape index (κ2) is 7.92. The van der Waals surface area contributed by atoms with Gasteiger partial charge in [-0.25, -0.2) is 0 Å². The summed E-state index contributed by atoms with van der Waals surface area (Å²) in [4.78, 5) is 26.8. The van der Waals surface area contributed by atoms with Crippen molar-refractivity contribution in [2.24, 2.45) is 0 Å². The van der Waals surface area contributed by atoms with E-state index in [0.29, 0.717) is 34.8 Å². The zero-order valence-corrected chi connectivity index (χ0v) is 15.3. The molecule has 0 spiro atoms. The number of hydrogen-bond acceptors (Lipinski definition) is 5. The summed E-state index contributed by atoms with van der Waals surface area (Å²) in [6, 6.07) is 13.3. The number of nitrogens with zero attached hydrogens (tertiary/aromatic N) is 2. The quantitative estimate of drug-likeness (QED) is 0.699. The highest BCUT2D eigenvalue weighted by atomic mass is 16.5. The Morgan fingerprint density at radius 3 is 2.30 bits per heavy atom. The summed E-state index contributed by atoms with van der Waals surface area (Å²) >= 11 is 0.